The summed E-state index contributed by atoms with van der Waals surface area (Å²) in [6, 6.07) is 9.93. The molecule has 0 N–H and O–H groups in total. The van der Waals surface area contributed by atoms with E-state index in [-0.39, 0.29) is 12.4 Å². The molecule has 0 radical (unpaired) electrons. The first-order chi connectivity index (χ1) is 6.90. The fourth-order valence-corrected chi connectivity index (χ4v) is 1.51. The molecule has 1 aromatic carbocycles. The van der Waals surface area contributed by atoms with Gasteiger partial charge in [0.1, 0.15) is 6.10 Å². The van der Waals surface area contributed by atoms with Crippen molar-refractivity contribution >= 4 is 0 Å². The van der Waals surface area contributed by atoms with E-state index < -0.39 is 0 Å². The quantitative estimate of drug-likeness (QED) is 0.733. The molecule has 1 aliphatic rings. The average molecular weight is 194 g/mol. The van der Waals surface area contributed by atoms with Crippen LogP contribution in [0.15, 0.2) is 30.3 Å². The van der Waals surface area contributed by atoms with Crippen molar-refractivity contribution in [3.63, 3.8) is 0 Å². The third-order valence-corrected chi connectivity index (χ3v) is 2.17. The van der Waals surface area contributed by atoms with Crippen LogP contribution in [0.5, 0.6) is 0 Å². The number of hydrogen-bond acceptors (Lipinski definition) is 3. The summed E-state index contributed by atoms with van der Waals surface area (Å²) in [4.78, 5) is 0. The molecule has 14 heavy (non-hydrogen) atoms. The molecular weight excluding hydrogens is 180 g/mol. The Morgan fingerprint density at radius 2 is 2.14 bits per heavy atom. The van der Waals surface area contributed by atoms with Crippen LogP contribution in [-0.4, -0.2) is 26.4 Å². The van der Waals surface area contributed by atoms with Gasteiger partial charge in [0.05, 0.1) is 13.2 Å². The zero-order valence-electron chi connectivity index (χ0n) is 8.18. The van der Waals surface area contributed by atoms with Crippen molar-refractivity contribution in [1.82, 2.24) is 0 Å². The molecule has 3 nitrogen and oxygen atoms in total. The van der Waals surface area contributed by atoms with E-state index in [4.69, 9.17) is 14.2 Å². The van der Waals surface area contributed by atoms with Gasteiger partial charge in [-0.1, -0.05) is 30.3 Å². The Morgan fingerprint density at radius 1 is 1.36 bits per heavy atom. The number of hydrogen-bond donors (Lipinski definition) is 0. The molecule has 0 amide bonds. The Balaban J connectivity index is 1.96. The van der Waals surface area contributed by atoms with Crippen LogP contribution in [0, 0.1) is 0 Å². The lowest BCUT2D eigenvalue weighted by Gasteiger charge is -2.10. The van der Waals surface area contributed by atoms with Crippen LogP contribution in [0.2, 0.25) is 0 Å². The van der Waals surface area contributed by atoms with Gasteiger partial charge in [-0.15, -0.1) is 0 Å². The molecule has 0 saturated carbocycles. The highest BCUT2D eigenvalue weighted by atomic mass is 16.7. The minimum absolute atomic E-state index is 0.0604. The smallest absolute Gasteiger partial charge is 0.184 e. The normalized spacial score (nSPS) is 26.6. The first kappa shape index (κ1) is 9.65. The molecule has 0 aromatic heterocycles. The summed E-state index contributed by atoms with van der Waals surface area (Å²) in [6.07, 6.45) is -0.165. The van der Waals surface area contributed by atoms with Gasteiger partial charge >= 0.3 is 0 Å². The fraction of sp³-hybridized carbons (Fsp3) is 0.455. The SMILES string of the molecule is COC[C@H]1CO[C@@H](c2ccccc2)O1. The third-order valence-electron chi connectivity index (χ3n) is 2.17. The minimum Gasteiger partial charge on any atom is -0.382 e. The zero-order chi connectivity index (χ0) is 9.80. The van der Waals surface area contributed by atoms with E-state index in [1.807, 2.05) is 30.3 Å². The molecule has 0 aliphatic carbocycles. The van der Waals surface area contributed by atoms with Crippen molar-refractivity contribution in [1.29, 1.82) is 0 Å². The van der Waals surface area contributed by atoms with Gasteiger partial charge in [-0.25, -0.2) is 0 Å². The van der Waals surface area contributed by atoms with E-state index in [0.29, 0.717) is 13.2 Å². The monoisotopic (exact) mass is 194 g/mol. The highest BCUT2D eigenvalue weighted by Gasteiger charge is 2.26. The van der Waals surface area contributed by atoms with Gasteiger partial charge in [0, 0.05) is 12.7 Å². The molecule has 1 aromatic rings. The first-order valence-electron chi connectivity index (χ1n) is 4.71. The number of ether oxygens (including phenoxy) is 3. The summed E-state index contributed by atoms with van der Waals surface area (Å²) in [5, 5.41) is 0. The van der Waals surface area contributed by atoms with Crippen molar-refractivity contribution < 1.29 is 14.2 Å². The highest BCUT2D eigenvalue weighted by Crippen LogP contribution is 2.26. The van der Waals surface area contributed by atoms with Crippen LogP contribution < -0.4 is 0 Å². The van der Waals surface area contributed by atoms with Crippen LogP contribution in [-0.2, 0) is 14.2 Å². The summed E-state index contributed by atoms with van der Waals surface area (Å²) in [5.74, 6) is 0. The largest absolute Gasteiger partial charge is 0.382 e. The van der Waals surface area contributed by atoms with Gasteiger partial charge in [-0.05, 0) is 0 Å². The first-order valence-corrected chi connectivity index (χ1v) is 4.71. The van der Waals surface area contributed by atoms with Crippen LogP contribution in [0.4, 0.5) is 0 Å². The highest BCUT2D eigenvalue weighted by molar-refractivity contribution is 5.16. The molecule has 1 heterocycles. The average Bonchev–Trinajstić information content (AvgIpc) is 2.68. The molecule has 0 bridgehead atoms. The predicted molar refractivity (Wildman–Crippen MR) is 51.9 cm³/mol. The topological polar surface area (TPSA) is 27.7 Å². The van der Waals surface area contributed by atoms with Crippen molar-refractivity contribution in [2.24, 2.45) is 0 Å². The second kappa shape index (κ2) is 4.55. The van der Waals surface area contributed by atoms with Gasteiger partial charge in [0.25, 0.3) is 0 Å². The van der Waals surface area contributed by atoms with Crippen molar-refractivity contribution in [3.8, 4) is 0 Å². The van der Waals surface area contributed by atoms with Crippen molar-refractivity contribution in [3.05, 3.63) is 35.9 Å². The molecule has 76 valence electrons. The van der Waals surface area contributed by atoms with Gasteiger partial charge in [-0.2, -0.15) is 0 Å². The number of benzene rings is 1. The summed E-state index contributed by atoms with van der Waals surface area (Å²) in [7, 11) is 1.67. The minimum atomic E-state index is -0.226. The Kier molecular flexibility index (Phi) is 3.14. The van der Waals surface area contributed by atoms with Gasteiger partial charge in [0.2, 0.25) is 0 Å². The van der Waals surface area contributed by atoms with Crippen LogP contribution in [0.1, 0.15) is 11.9 Å². The van der Waals surface area contributed by atoms with Gasteiger partial charge in [0.15, 0.2) is 6.29 Å². The summed E-state index contributed by atoms with van der Waals surface area (Å²) in [6.45, 7) is 1.19. The second-order valence-corrected chi connectivity index (χ2v) is 3.29. The van der Waals surface area contributed by atoms with Gasteiger partial charge < -0.3 is 14.2 Å². The third kappa shape index (κ3) is 2.12. The van der Waals surface area contributed by atoms with Gasteiger partial charge in [-0.3, -0.25) is 0 Å². The molecule has 0 unspecified atom stereocenters. The number of rotatable bonds is 3. The summed E-state index contributed by atoms with van der Waals surface area (Å²) < 4.78 is 16.1. The maximum atomic E-state index is 5.64. The van der Waals surface area contributed by atoms with E-state index in [2.05, 4.69) is 0 Å². The fourth-order valence-electron chi connectivity index (χ4n) is 1.51. The van der Waals surface area contributed by atoms with Crippen molar-refractivity contribution in [2.45, 2.75) is 12.4 Å². The maximum absolute atomic E-state index is 5.64. The number of methoxy groups -OCH3 is 1. The van der Waals surface area contributed by atoms with Crippen LogP contribution in [0.25, 0.3) is 0 Å². The van der Waals surface area contributed by atoms with Crippen LogP contribution in [0.3, 0.4) is 0 Å². The predicted octanol–water partition coefficient (Wildman–Crippen LogP) is 1.75. The van der Waals surface area contributed by atoms with E-state index in [1.54, 1.807) is 7.11 Å². The lowest BCUT2D eigenvalue weighted by Crippen LogP contribution is -2.16. The van der Waals surface area contributed by atoms with E-state index >= 15 is 0 Å². The summed E-state index contributed by atoms with van der Waals surface area (Å²) >= 11 is 0. The molecule has 3 heteroatoms. The van der Waals surface area contributed by atoms with E-state index in [1.165, 1.54) is 0 Å². The molecule has 0 spiro atoms. The van der Waals surface area contributed by atoms with Crippen molar-refractivity contribution in [2.75, 3.05) is 20.3 Å². The molecule has 1 aliphatic heterocycles. The second-order valence-electron chi connectivity index (χ2n) is 3.29. The Bertz CT molecular complexity index is 273. The molecule has 1 saturated heterocycles. The lowest BCUT2D eigenvalue weighted by atomic mass is 10.2. The van der Waals surface area contributed by atoms with E-state index in [0.717, 1.165) is 5.56 Å². The Labute approximate surface area is 83.6 Å². The molecule has 2 atom stereocenters. The Morgan fingerprint density at radius 3 is 2.86 bits per heavy atom. The lowest BCUT2D eigenvalue weighted by molar-refractivity contribution is -0.0704. The van der Waals surface area contributed by atoms with E-state index in [9.17, 15) is 0 Å². The standard InChI is InChI=1S/C11H14O3/c1-12-7-10-8-13-11(14-10)9-5-3-2-4-6-9/h2-6,10-11H,7-8H2,1H3/t10-,11+/m0/s1. The molecule has 2 rings (SSSR count). The summed E-state index contributed by atoms with van der Waals surface area (Å²) in [5.41, 5.74) is 1.06. The zero-order valence-corrected chi connectivity index (χ0v) is 8.18. The van der Waals surface area contributed by atoms with Crippen LogP contribution >= 0.6 is 0 Å². The Hall–Kier alpha value is -0.900. The maximum Gasteiger partial charge on any atom is 0.184 e. The molecular formula is C11H14O3. The molecule has 1 fully saturated rings.